The molecule has 3 heterocycles. The minimum absolute atomic E-state index is 0.0369. The molecule has 0 bridgehead atoms. The smallest absolute Gasteiger partial charge is 0.141 e. The molecule has 2 unspecified atom stereocenters. The standard InChI is InChI=1S/C25H24N4OS/c1-15-25(17(3)30-28-15)21-7-5-6-19(12-21)16(2)29-18(4)26-11-10-23(29)20-8-9-22-24(13-20)31-14-27-22/h5-14,16,18H,1-4H3. The Kier molecular flexibility index (Phi) is 4.94. The van der Waals surface area contributed by atoms with E-state index in [0.29, 0.717) is 0 Å². The third-order valence-corrected chi connectivity index (χ3v) is 6.74. The zero-order valence-electron chi connectivity index (χ0n) is 18.0. The summed E-state index contributed by atoms with van der Waals surface area (Å²) in [6, 6.07) is 15.3. The first kappa shape index (κ1) is 19.7. The Morgan fingerprint density at radius 2 is 1.97 bits per heavy atom. The Labute approximate surface area is 185 Å². The van der Waals surface area contributed by atoms with Crippen molar-refractivity contribution in [3.05, 3.63) is 76.6 Å². The molecule has 0 N–H and O–H groups in total. The number of rotatable bonds is 4. The van der Waals surface area contributed by atoms with Crippen molar-refractivity contribution in [3.63, 3.8) is 0 Å². The lowest BCUT2D eigenvalue weighted by Gasteiger charge is -2.38. The molecule has 0 amide bonds. The summed E-state index contributed by atoms with van der Waals surface area (Å²) in [5, 5.41) is 4.12. The first-order chi connectivity index (χ1) is 15.0. The van der Waals surface area contributed by atoms with Crippen LogP contribution in [0.5, 0.6) is 0 Å². The largest absolute Gasteiger partial charge is 0.361 e. The number of hydrogen-bond donors (Lipinski definition) is 0. The van der Waals surface area contributed by atoms with Gasteiger partial charge in [-0.1, -0.05) is 29.4 Å². The van der Waals surface area contributed by atoms with Crippen LogP contribution in [0, 0.1) is 13.8 Å². The molecule has 0 fully saturated rings. The normalized spacial score (nSPS) is 17.2. The van der Waals surface area contributed by atoms with E-state index in [4.69, 9.17) is 4.52 Å². The third kappa shape index (κ3) is 3.47. The van der Waals surface area contributed by atoms with Crippen molar-refractivity contribution in [1.82, 2.24) is 15.0 Å². The second kappa shape index (κ2) is 7.78. The molecule has 0 radical (unpaired) electrons. The molecular formula is C25H24N4OS. The maximum Gasteiger partial charge on any atom is 0.141 e. The fraction of sp³-hybridized carbons (Fsp3) is 0.240. The van der Waals surface area contributed by atoms with Crippen LogP contribution in [0.2, 0.25) is 0 Å². The molecule has 0 aliphatic carbocycles. The molecule has 2 aromatic heterocycles. The summed E-state index contributed by atoms with van der Waals surface area (Å²) in [4.78, 5) is 11.5. The zero-order chi connectivity index (χ0) is 21.5. The Morgan fingerprint density at radius 3 is 2.77 bits per heavy atom. The highest BCUT2D eigenvalue weighted by Crippen LogP contribution is 2.37. The maximum atomic E-state index is 5.39. The molecular weight excluding hydrogens is 404 g/mol. The van der Waals surface area contributed by atoms with E-state index in [-0.39, 0.29) is 12.2 Å². The van der Waals surface area contributed by atoms with E-state index in [0.717, 1.165) is 28.1 Å². The number of fused-ring (bicyclic) bond motifs is 1. The summed E-state index contributed by atoms with van der Waals surface area (Å²) in [6.07, 6.45) is 4.06. The number of aromatic nitrogens is 2. The molecule has 4 aromatic rings. The summed E-state index contributed by atoms with van der Waals surface area (Å²) in [6.45, 7) is 8.33. The number of aryl methyl sites for hydroxylation is 2. The minimum atomic E-state index is 0.0369. The van der Waals surface area contributed by atoms with Crippen LogP contribution in [0.4, 0.5) is 0 Å². The summed E-state index contributed by atoms with van der Waals surface area (Å²) in [5.74, 6) is 0.844. The van der Waals surface area contributed by atoms with Gasteiger partial charge in [-0.3, -0.25) is 4.99 Å². The molecule has 0 saturated carbocycles. The van der Waals surface area contributed by atoms with E-state index in [1.807, 2.05) is 25.6 Å². The molecule has 5 nitrogen and oxygen atoms in total. The Hall–Kier alpha value is -3.25. The molecule has 2 aromatic carbocycles. The predicted octanol–water partition coefficient (Wildman–Crippen LogP) is 6.40. The van der Waals surface area contributed by atoms with E-state index in [9.17, 15) is 0 Å². The second-order valence-electron chi connectivity index (χ2n) is 7.92. The lowest BCUT2D eigenvalue weighted by atomic mass is 9.97. The number of thiazole rings is 1. The summed E-state index contributed by atoms with van der Waals surface area (Å²) in [5.41, 5.74) is 9.64. The zero-order valence-corrected chi connectivity index (χ0v) is 18.9. The highest BCUT2D eigenvalue weighted by Gasteiger charge is 2.26. The van der Waals surface area contributed by atoms with Crippen molar-refractivity contribution >= 4 is 33.5 Å². The van der Waals surface area contributed by atoms with Crippen molar-refractivity contribution in [2.24, 2.45) is 4.99 Å². The molecule has 31 heavy (non-hydrogen) atoms. The molecule has 6 heteroatoms. The molecule has 0 spiro atoms. The van der Waals surface area contributed by atoms with Gasteiger partial charge in [0.05, 0.1) is 27.5 Å². The van der Waals surface area contributed by atoms with Gasteiger partial charge in [-0.25, -0.2) is 4.98 Å². The van der Waals surface area contributed by atoms with Crippen molar-refractivity contribution in [2.45, 2.75) is 39.9 Å². The summed E-state index contributed by atoms with van der Waals surface area (Å²) < 4.78 is 6.59. The average molecular weight is 429 g/mol. The van der Waals surface area contributed by atoms with Crippen molar-refractivity contribution in [1.29, 1.82) is 0 Å². The van der Waals surface area contributed by atoms with Gasteiger partial charge in [-0.15, -0.1) is 11.3 Å². The van der Waals surface area contributed by atoms with Gasteiger partial charge in [0.1, 0.15) is 11.9 Å². The van der Waals surface area contributed by atoms with Gasteiger partial charge in [-0.2, -0.15) is 0 Å². The SMILES string of the molecule is Cc1noc(C)c1-c1cccc(C(C)N2C(c3ccc4ncsc4c3)=CC=NC2C)c1. The van der Waals surface area contributed by atoms with Crippen LogP contribution in [0.25, 0.3) is 27.0 Å². The number of allylic oxidation sites excluding steroid dienone is 1. The first-order valence-electron chi connectivity index (χ1n) is 10.4. The molecule has 0 saturated heterocycles. The van der Waals surface area contributed by atoms with Crippen molar-refractivity contribution in [3.8, 4) is 11.1 Å². The molecule has 1 aliphatic rings. The van der Waals surface area contributed by atoms with E-state index in [1.165, 1.54) is 21.5 Å². The molecule has 156 valence electrons. The topological polar surface area (TPSA) is 54.5 Å². The quantitative estimate of drug-likeness (QED) is 0.377. The summed E-state index contributed by atoms with van der Waals surface area (Å²) in [7, 11) is 0. The Morgan fingerprint density at radius 1 is 1.10 bits per heavy atom. The van der Waals surface area contributed by atoms with Gasteiger partial charge in [-0.05, 0) is 68.7 Å². The monoisotopic (exact) mass is 428 g/mol. The highest BCUT2D eigenvalue weighted by atomic mass is 32.1. The highest BCUT2D eigenvalue weighted by molar-refractivity contribution is 7.16. The first-order valence-corrected chi connectivity index (χ1v) is 11.3. The average Bonchev–Trinajstić information content (AvgIpc) is 3.38. The van der Waals surface area contributed by atoms with Gasteiger partial charge >= 0.3 is 0 Å². The van der Waals surface area contributed by atoms with Crippen molar-refractivity contribution in [2.75, 3.05) is 0 Å². The lowest BCUT2D eigenvalue weighted by Crippen LogP contribution is -2.34. The number of benzene rings is 2. The predicted molar refractivity (Wildman–Crippen MR) is 127 cm³/mol. The van der Waals surface area contributed by atoms with Crippen LogP contribution in [0.1, 0.15) is 42.5 Å². The molecule has 5 rings (SSSR count). The fourth-order valence-corrected chi connectivity index (χ4v) is 5.12. The minimum Gasteiger partial charge on any atom is -0.361 e. The number of aliphatic imine (C=N–C) groups is 1. The van der Waals surface area contributed by atoms with E-state index < -0.39 is 0 Å². The summed E-state index contributed by atoms with van der Waals surface area (Å²) >= 11 is 1.67. The lowest BCUT2D eigenvalue weighted by molar-refractivity contribution is 0.252. The number of nitrogens with zero attached hydrogens (tertiary/aromatic N) is 4. The van der Waals surface area contributed by atoms with Gasteiger partial charge in [0, 0.05) is 17.5 Å². The van der Waals surface area contributed by atoms with Gasteiger partial charge in [0.15, 0.2) is 0 Å². The number of hydrogen-bond acceptors (Lipinski definition) is 6. The van der Waals surface area contributed by atoms with Gasteiger partial charge in [0.25, 0.3) is 0 Å². The van der Waals surface area contributed by atoms with Gasteiger partial charge < -0.3 is 9.42 Å². The van der Waals surface area contributed by atoms with Crippen LogP contribution in [-0.4, -0.2) is 27.4 Å². The van der Waals surface area contributed by atoms with Gasteiger partial charge in [0.2, 0.25) is 0 Å². The maximum absolute atomic E-state index is 5.39. The van der Waals surface area contributed by atoms with E-state index in [2.05, 4.69) is 82.4 Å². The second-order valence-corrected chi connectivity index (χ2v) is 8.81. The van der Waals surface area contributed by atoms with Crippen LogP contribution in [0.15, 0.2) is 63.6 Å². The van der Waals surface area contributed by atoms with E-state index >= 15 is 0 Å². The van der Waals surface area contributed by atoms with Crippen LogP contribution in [0.3, 0.4) is 0 Å². The fourth-order valence-electron chi connectivity index (χ4n) is 4.40. The van der Waals surface area contributed by atoms with Crippen LogP contribution in [-0.2, 0) is 0 Å². The molecule has 1 aliphatic heterocycles. The molecule has 2 atom stereocenters. The third-order valence-electron chi connectivity index (χ3n) is 5.95. The Bertz CT molecular complexity index is 1300. The van der Waals surface area contributed by atoms with Crippen LogP contribution >= 0.6 is 11.3 Å². The van der Waals surface area contributed by atoms with E-state index in [1.54, 1.807) is 11.3 Å². The van der Waals surface area contributed by atoms with Crippen molar-refractivity contribution < 1.29 is 4.52 Å². The Balaban J connectivity index is 1.54. The van der Waals surface area contributed by atoms with Crippen LogP contribution < -0.4 is 0 Å².